The van der Waals surface area contributed by atoms with Crippen LogP contribution in [0.25, 0.3) is 0 Å². The Morgan fingerprint density at radius 1 is 1.22 bits per heavy atom. The Bertz CT molecular complexity index is 697. The second-order valence-corrected chi connectivity index (χ2v) is 6.75. The van der Waals surface area contributed by atoms with Crippen molar-refractivity contribution in [1.82, 2.24) is 4.72 Å². The SMILES string of the molecule is COC(=O)c1ccc(S(=O)(=O)N[C@H](C(=O)O)C(C)C)cc1OC. The van der Waals surface area contributed by atoms with E-state index in [1.165, 1.54) is 26.4 Å². The number of hydrogen-bond acceptors (Lipinski definition) is 6. The van der Waals surface area contributed by atoms with Crippen LogP contribution in [0.1, 0.15) is 24.2 Å². The molecule has 0 unspecified atom stereocenters. The number of aliphatic carboxylic acids is 1. The summed E-state index contributed by atoms with van der Waals surface area (Å²) in [4.78, 5) is 22.5. The summed E-state index contributed by atoms with van der Waals surface area (Å²) in [5.74, 6) is -2.39. The Balaban J connectivity index is 3.24. The highest BCUT2D eigenvalue weighted by atomic mass is 32.2. The number of hydrogen-bond donors (Lipinski definition) is 2. The van der Waals surface area contributed by atoms with Crippen molar-refractivity contribution in [2.45, 2.75) is 24.8 Å². The molecular weight excluding hydrogens is 326 g/mol. The predicted molar refractivity (Wildman–Crippen MR) is 80.9 cm³/mol. The summed E-state index contributed by atoms with van der Waals surface area (Å²) in [7, 11) is -1.63. The van der Waals surface area contributed by atoms with Gasteiger partial charge in [0.05, 0.1) is 19.1 Å². The van der Waals surface area contributed by atoms with E-state index in [2.05, 4.69) is 9.46 Å². The molecule has 0 amide bonds. The maximum Gasteiger partial charge on any atom is 0.341 e. The highest BCUT2D eigenvalue weighted by molar-refractivity contribution is 7.89. The summed E-state index contributed by atoms with van der Waals surface area (Å²) in [6, 6.07) is 2.28. The molecule has 8 nitrogen and oxygen atoms in total. The normalized spacial score (nSPS) is 12.7. The maximum absolute atomic E-state index is 12.3. The first kappa shape index (κ1) is 18.9. The van der Waals surface area contributed by atoms with Crippen LogP contribution in [-0.4, -0.2) is 45.7 Å². The van der Waals surface area contributed by atoms with Crippen molar-refractivity contribution in [1.29, 1.82) is 0 Å². The first-order valence-electron chi connectivity index (χ1n) is 6.65. The molecule has 0 aliphatic rings. The lowest BCUT2D eigenvalue weighted by atomic mass is 10.1. The van der Waals surface area contributed by atoms with E-state index in [0.717, 1.165) is 6.07 Å². The van der Waals surface area contributed by atoms with Gasteiger partial charge in [0.15, 0.2) is 0 Å². The van der Waals surface area contributed by atoms with Crippen LogP contribution in [0.4, 0.5) is 0 Å². The van der Waals surface area contributed by atoms with Crippen molar-refractivity contribution in [2.75, 3.05) is 14.2 Å². The minimum absolute atomic E-state index is 0.0103. The third kappa shape index (κ3) is 4.42. The number of carboxylic acids is 1. The Morgan fingerprint density at radius 2 is 1.83 bits per heavy atom. The average molecular weight is 345 g/mol. The van der Waals surface area contributed by atoms with Gasteiger partial charge in [0, 0.05) is 6.07 Å². The third-order valence-corrected chi connectivity index (χ3v) is 4.54. The summed E-state index contributed by atoms with van der Waals surface area (Å²) in [5.41, 5.74) is 0.0626. The number of esters is 1. The van der Waals surface area contributed by atoms with E-state index >= 15 is 0 Å². The van der Waals surface area contributed by atoms with Crippen LogP contribution in [0.15, 0.2) is 23.1 Å². The van der Waals surface area contributed by atoms with E-state index in [1.54, 1.807) is 13.8 Å². The molecule has 1 aromatic rings. The molecule has 0 aliphatic heterocycles. The lowest BCUT2D eigenvalue weighted by molar-refractivity contribution is -0.140. The number of nitrogens with one attached hydrogen (secondary N) is 1. The lowest BCUT2D eigenvalue weighted by Gasteiger charge is -2.18. The number of rotatable bonds is 7. The molecular formula is C14H19NO7S. The fraction of sp³-hybridized carbons (Fsp3) is 0.429. The predicted octanol–water partition coefficient (Wildman–Crippen LogP) is 0.869. The number of carboxylic acid groups (broad SMARTS) is 1. The molecule has 0 fully saturated rings. The largest absolute Gasteiger partial charge is 0.496 e. The van der Waals surface area contributed by atoms with Gasteiger partial charge in [-0.3, -0.25) is 4.79 Å². The Hall–Kier alpha value is -2.13. The standard InChI is InChI=1S/C14H19NO7S/c1-8(2)12(13(16)17)15-23(19,20)9-5-6-10(14(18)22-4)11(7-9)21-3/h5-8,12,15H,1-4H3,(H,16,17)/t12-/m0/s1. The van der Waals surface area contributed by atoms with Gasteiger partial charge in [0.25, 0.3) is 0 Å². The fourth-order valence-electron chi connectivity index (χ4n) is 1.82. The smallest absolute Gasteiger partial charge is 0.341 e. The molecule has 23 heavy (non-hydrogen) atoms. The zero-order valence-electron chi connectivity index (χ0n) is 13.2. The van der Waals surface area contributed by atoms with E-state index in [1.807, 2.05) is 0 Å². The monoisotopic (exact) mass is 345 g/mol. The molecule has 0 saturated heterocycles. The van der Waals surface area contributed by atoms with Gasteiger partial charge >= 0.3 is 11.9 Å². The Morgan fingerprint density at radius 3 is 2.26 bits per heavy atom. The van der Waals surface area contributed by atoms with Crippen LogP contribution >= 0.6 is 0 Å². The minimum atomic E-state index is -4.09. The summed E-state index contributed by atoms with van der Waals surface area (Å²) in [6.45, 7) is 3.17. The molecule has 1 rings (SSSR count). The molecule has 0 bridgehead atoms. The zero-order valence-corrected chi connectivity index (χ0v) is 14.0. The van der Waals surface area contributed by atoms with Crippen LogP contribution in [0.2, 0.25) is 0 Å². The molecule has 0 saturated carbocycles. The molecule has 128 valence electrons. The first-order chi connectivity index (χ1) is 10.6. The molecule has 0 spiro atoms. The van der Waals surface area contributed by atoms with Crippen LogP contribution in [0.5, 0.6) is 5.75 Å². The average Bonchev–Trinajstić information content (AvgIpc) is 2.50. The van der Waals surface area contributed by atoms with Crippen molar-refractivity contribution >= 4 is 22.0 Å². The van der Waals surface area contributed by atoms with Crippen molar-refractivity contribution in [3.8, 4) is 5.75 Å². The van der Waals surface area contributed by atoms with E-state index in [4.69, 9.17) is 9.84 Å². The molecule has 9 heteroatoms. The Labute approximate surface area is 134 Å². The quantitative estimate of drug-likeness (QED) is 0.704. The van der Waals surface area contributed by atoms with E-state index < -0.39 is 33.9 Å². The van der Waals surface area contributed by atoms with Crippen molar-refractivity contribution in [2.24, 2.45) is 5.92 Å². The zero-order chi connectivity index (χ0) is 17.8. The van der Waals surface area contributed by atoms with E-state index in [0.29, 0.717) is 0 Å². The van der Waals surface area contributed by atoms with Gasteiger partial charge in [-0.05, 0) is 18.1 Å². The lowest BCUT2D eigenvalue weighted by Crippen LogP contribution is -2.44. The van der Waals surface area contributed by atoms with Crippen molar-refractivity contribution < 1.29 is 32.6 Å². The summed E-state index contributed by atoms with van der Waals surface area (Å²) in [6.07, 6.45) is 0. The van der Waals surface area contributed by atoms with Gasteiger partial charge in [-0.15, -0.1) is 0 Å². The number of sulfonamides is 1. The van der Waals surface area contributed by atoms with Crippen molar-refractivity contribution in [3.05, 3.63) is 23.8 Å². The second kappa shape index (κ2) is 7.42. The van der Waals surface area contributed by atoms with E-state index in [9.17, 15) is 18.0 Å². The topological polar surface area (TPSA) is 119 Å². The number of carbonyl (C=O) groups is 2. The molecule has 0 heterocycles. The van der Waals surface area contributed by atoms with Crippen LogP contribution in [0.3, 0.4) is 0 Å². The van der Waals surface area contributed by atoms with Gasteiger partial charge in [-0.2, -0.15) is 4.72 Å². The highest BCUT2D eigenvalue weighted by Crippen LogP contribution is 2.24. The summed E-state index contributed by atoms with van der Waals surface area (Å²) >= 11 is 0. The molecule has 2 N–H and O–H groups in total. The third-order valence-electron chi connectivity index (χ3n) is 3.10. The second-order valence-electron chi connectivity index (χ2n) is 5.03. The Kier molecular flexibility index (Phi) is 6.11. The number of ether oxygens (including phenoxy) is 2. The molecule has 1 atom stereocenters. The van der Waals surface area contributed by atoms with Gasteiger partial charge in [-0.25, -0.2) is 13.2 Å². The van der Waals surface area contributed by atoms with Crippen LogP contribution in [-0.2, 0) is 19.6 Å². The van der Waals surface area contributed by atoms with Gasteiger partial charge in [-0.1, -0.05) is 13.8 Å². The van der Waals surface area contributed by atoms with Crippen LogP contribution in [0, 0.1) is 5.92 Å². The fourth-order valence-corrected chi connectivity index (χ4v) is 3.18. The number of methoxy groups -OCH3 is 2. The summed E-state index contributed by atoms with van der Waals surface area (Å²) < 4.78 is 36.3. The molecule has 0 aliphatic carbocycles. The van der Waals surface area contributed by atoms with Crippen molar-refractivity contribution in [3.63, 3.8) is 0 Å². The molecule has 1 aromatic carbocycles. The number of benzene rings is 1. The van der Waals surface area contributed by atoms with Gasteiger partial charge < -0.3 is 14.6 Å². The molecule has 0 aromatic heterocycles. The van der Waals surface area contributed by atoms with E-state index in [-0.39, 0.29) is 16.2 Å². The number of carbonyl (C=O) groups excluding carboxylic acids is 1. The van der Waals surface area contributed by atoms with Gasteiger partial charge in [0.1, 0.15) is 17.4 Å². The van der Waals surface area contributed by atoms with Gasteiger partial charge in [0.2, 0.25) is 10.0 Å². The minimum Gasteiger partial charge on any atom is -0.496 e. The molecule has 0 radical (unpaired) electrons. The maximum atomic E-state index is 12.3. The first-order valence-corrected chi connectivity index (χ1v) is 8.13. The van der Waals surface area contributed by atoms with Crippen LogP contribution < -0.4 is 9.46 Å². The highest BCUT2D eigenvalue weighted by Gasteiger charge is 2.29. The summed E-state index contributed by atoms with van der Waals surface area (Å²) in [5, 5.41) is 9.09.